The molecule has 3 aromatic heterocycles. The lowest BCUT2D eigenvalue weighted by molar-refractivity contribution is 0.0739. The molecule has 0 spiro atoms. The van der Waals surface area contributed by atoms with Crippen LogP contribution in [0.3, 0.4) is 0 Å². The molecule has 0 aliphatic carbocycles. The minimum atomic E-state index is -1.06. The molecule has 4 aromatic rings. The predicted octanol–water partition coefficient (Wildman–Crippen LogP) is 3.95. The fraction of sp³-hybridized carbons (Fsp3) is 0.250. The quantitative estimate of drug-likeness (QED) is 0.442. The first-order valence-corrected chi connectivity index (χ1v) is 10.2. The molecule has 0 atom stereocenters. The molecule has 0 aliphatic heterocycles. The molecule has 8 heteroatoms. The number of aromatic nitrogens is 4. The smallest absolute Gasteiger partial charge is 0.133 e. The number of pyridine rings is 2. The maximum absolute atomic E-state index is 15.1. The Morgan fingerprint density at radius 2 is 2.00 bits per heavy atom. The predicted molar refractivity (Wildman–Crippen MR) is 120 cm³/mol. The Kier molecular flexibility index (Phi) is 5.46. The number of nitrogens with one attached hydrogen (secondary N) is 2. The van der Waals surface area contributed by atoms with Crippen LogP contribution < -0.4 is 5.32 Å². The SMILES string of the molecule is CNCc1cc(C)c(-c2nc3c(-c4ccc(C(C)(C)O)nc4)n[nH]c3cc2C#N)c(F)c1. The summed E-state index contributed by atoms with van der Waals surface area (Å²) in [7, 11) is 1.80. The van der Waals surface area contributed by atoms with Gasteiger partial charge in [0.2, 0.25) is 0 Å². The van der Waals surface area contributed by atoms with E-state index in [1.54, 1.807) is 52.2 Å². The molecule has 0 saturated carbocycles. The Hall–Kier alpha value is -3.67. The van der Waals surface area contributed by atoms with Crippen molar-refractivity contribution in [2.45, 2.75) is 32.9 Å². The van der Waals surface area contributed by atoms with Gasteiger partial charge in [0.25, 0.3) is 0 Å². The van der Waals surface area contributed by atoms with Gasteiger partial charge in [0.15, 0.2) is 0 Å². The summed E-state index contributed by atoms with van der Waals surface area (Å²) in [5.74, 6) is -0.431. The van der Waals surface area contributed by atoms with Crippen LogP contribution in [0.1, 0.15) is 36.2 Å². The lowest BCUT2D eigenvalue weighted by Gasteiger charge is -2.16. The Labute approximate surface area is 185 Å². The molecule has 0 fully saturated rings. The van der Waals surface area contributed by atoms with Crippen LogP contribution in [0.25, 0.3) is 33.5 Å². The molecule has 4 rings (SSSR count). The molecule has 0 amide bonds. The first-order chi connectivity index (χ1) is 15.2. The van der Waals surface area contributed by atoms with Crippen molar-refractivity contribution in [3.63, 3.8) is 0 Å². The molecule has 0 unspecified atom stereocenters. The highest BCUT2D eigenvalue weighted by Gasteiger charge is 2.21. The van der Waals surface area contributed by atoms with Gasteiger partial charge in [-0.25, -0.2) is 9.37 Å². The van der Waals surface area contributed by atoms with E-state index in [0.29, 0.717) is 45.7 Å². The van der Waals surface area contributed by atoms with E-state index in [-0.39, 0.29) is 11.3 Å². The van der Waals surface area contributed by atoms with Crippen LogP contribution in [0.15, 0.2) is 36.5 Å². The Morgan fingerprint density at radius 1 is 1.22 bits per heavy atom. The number of aryl methyl sites for hydroxylation is 1. The molecule has 3 N–H and O–H groups in total. The van der Waals surface area contributed by atoms with Crippen molar-refractivity contribution in [2.75, 3.05) is 7.05 Å². The number of halogens is 1. The van der Waals surface area contributed by atoms with E-state index in [1.807, 2.05) is 6.07 Å². The maximum atomic E-state index is 15.1. The fourth-order valence-corrected chi connectivity index (χ4v) is 3.74. The zero-order chi connectivity index (χ0) is 23.0. The molecule has 162 valence electrons. The van der Waals surface area contributed by atoms with E-state index in [4.69, 9.17) is 0 Å². The molecular formula is C24H23FN6O. The molecule has 0 aliphatic rings. The van der Waals surface area contributed by atoms with Crippen molar-refractivity contribution in [3.8, 4) is 28.6 Å². The number of benzene rings is 1. The van der Waals surface area contributed by atoms with E-state index >= 15 is 4.39 Å². The van der Waals surface area contributed by atoms with Gasteiger partial charge in [-0.1, -0.05) is 6.07 Å². The summed E-state index contributed by atoms with van der Waals surface area (Å²) in [5, 5.41) is 30.1. The van der Waals surface area contributed by atoms with Crippen LogP contribution in [-0.4, -0.2) is 32.3 Å². The summed E-state index contributed by atoms with van der Waals surface area (Å²) in [6, 6.07) is 10.6. The van der Waals surface area contributed by atoms with Crippen molar-refractivity contribution in [1.29, 1.82) is 5.26 Å². The van der Waals surface area contributed by atoms with E-state index in [0.717, 1.165) is 5.56 Å². The summed E-state index contributed by atoms with van der Waals surface area (Å²) in [4.78, 5) is 9.00. The summed E-state index contributed by atoms with van der Waals surface area (Å²) < 4.78 is 15.1. The second kappa shape index (κ2) is 8.11. The normalized spacial score (nSPS) is 11.7. The van der Waals surface area contributed by atoms with Crippen LogP contribution in [-0.2, 0) is 12.1 Å². The van der Waals surface area contributed by atoms with Crippen molar-refractivity contribution in [2.24, 2.45) is 0 Å². The average molecular weight is 430 g/mol. The third kappa shape index (κ3) is 3.84. The fourth-order valence-electron chi connectivity index (χ4n) is 3.74. The van der Waals surface area contributed by atoms with Crippen LogP contribution in [0.5, 0.6) is 0 Å². The molecule has 32 heavy (non-hydrogen) atoms. The monoisotopic (exact) mass is 430 g/mol. The molecule has 3 heterocycles. The molecule has 0 saturated heterocycles. The van der Waals surface area contributed by atoms with E-state index in [1.165, 1.54) is 6.07 Å². The molecule has 0 radical (unpaired) electrons. The Balaban J connectivity index is 1.88. The highest BCUT2D eigenvalue weighted by Crippen LogP contribution is 2.33. The van der Waals surface area contributed by atoms with E-state index in [2.05, 4.69) is 31.6 Å². The summed E-state index contributed by atoms with van der Waals surface area (Å²) in [6.07, 6.45) is 1.61. The largest absolute Gasteiger partial charge is 0.384 e. The minimum absolute atomic E-state index is 0.256. The van der Waals surface area contributed by atoms with E-state index < -0.39 is 11.4 Å². The maximum Gasteiger partial charge on any atom is 0.133 e. The topological polar surface area (TPSA) is 111 Å². The highest BCUT2D eigenvalue weighted by molar-refractivity contribution is 5.92. The molecule has 0 bridgehead atoms. The lowest BCUT2D eigenvalue weighted by atomic mass is 9.97. The first-order valence-electron chi connectivity index (χ1n) is 10.2. The van der Waals surface area contributed by atoms with Crippen LogP contribution >= 0.6 is 0 Å². The number of H-pyrrole nitrogens is 1. The van der Waals surface area contributed by atoms with Gasteiger partial charge in [-0.2, -0.15) is 10.4 Å². The third-order valence-electron chi connectivity index (χ3n) is 5.28. The highest BCUT2D eigenvalue weighted by atomic mass is 19.1. The summed E-state index contributed by atoms with van der Waals surface area (Å²) in [5.41, 5.74) is 4.10. The van der Waals surface area contributed by atoms with Gasteiger partial charge in [0.1, 0.15) is 28.7 Å². The number of nitrogens with zero attached hydrogens (tertiary/aromatic N) is 4. The Bertz CT molecular complexity index is 1320. The van der Waals surface area contributed by atoms with Crippen molar-refractivity contribution >= 4 is 11.0 Å². The van der Waals surface area contributed by atoms with Crippen LogP contribution in [0.4, 0.5) is 4.39 Å². The van der Waals surface area contributed by atoms with Gasteiger partial charge in [0.05, 0.1) is 22.5 Å². The summed E-state index contributed by atoms with van der Waals surface area (Å²) >= 11 is 0. The van der Waals surface area contributed by atoms with Gasteiger partial charge >= 0.3 is 0 Å². The molecular weight excluding hydrogens is 407 g/mol. The van der Waals surface area contributed by atoms with Crippen molar-refractivity contribution in [1.82, 2.24) is 25.5 Å². The minimum Gasteiger partial charge on any atom is -0.384 e. The van der Waals surface area contributed by atoms with Gasteiger partial charge in [-0.15, -0.1) is 0 Å². The summed E-state index contributed by atoms with van der Waals surface area (Å²) in [6.45, 7) is 5.67. The zero-order valence-electron chi connectivity index (χ0n) is 18.3. The number of rotatable bonds is 5. The number of fused-ring (bicyclic) bond motifs is 1. The Morgan fingerprint density at radius 3 is 2.59 bits per heavy atom. The number of aliphatic hydroxyl groups is 1. The number of hydrogen-bond donors (Lipinski definition) is 3. The molecule has 1 aromatic carbocycles. The van der Waals surface area contributed by atoms with E-state index in [9.17, 15) is 10.4 Å². The number of hydrogen-bond acceptors (Lipinski definition) is 6. The third-order valence-corrected chi connectivity index (χ3v) is 5.28. The lowest BCUT2D eigenvalue weighted by Crippen LogP contribution is -2.17. The second-order valence-corrected chi connectivity index (χ2v) is 8.26. The van der Waals surface area contributed by atoms with Gasteiger partial charge < -0.3 is 10.4 Å². The molecule has 7 nitrogen and oxygen atoms in total. The van der Waals surface area contributed by atoms with Crippen molar-refractivity contribution in [3.05, 3.63) is 64.7 Å². The number of aromatic amines is 1. The van der Waals surface area contributed by atoms with Crippen molar-refractivity contribution < 1.29 is 9.50 Å². The average Bonchev–Trinajstić information content (AvgIpc) is 3.15. The van der Waals surface area contributed by atoms with Crippen LogP contribution in [0, 0.1) is 24.1 Å². The van der Waals surface area contributed by atoms with Crippen LogP contribution in [0.2, 0.25) is 0 Å². The van der Waals surface area contributed by atoms with Gasteiger partial charge in [-0.3, -0.25) is 10.1 Å². The second-order valence-electron chi connectivity index (χ2n) is 8.26. The standard InChI is InChI=1S/C24H23FN6O/c1-13-7-14(11-27-4)8-17(25)20(13)21-16(10-26)9-18-23(29-21)22(31-30-18)15-5-6-19(28-12-15)24(2,3)32/h5-9,12,27,32H,11H2,1-4H3,(H,30,31). The number of nitriles is 1. The van der Waals surface area contributed by atoms with Gasteiger partial charge in [0, 0.05) is 23.9 Å². The first kappa shape index (κ1) is 21.6. The zero-order valence-corrected chi connectivity index (χ0v) is 18.3. The van der Waals surface area contributed by atoms with Gasteiger partial charge in [-0.05, 0) is 63.2 Å².